The predicted molar refractivity (Wildman–Crippen MR) is 156 cm³/mol. The highest BCUT2D eigenvalue weighted by Crippen LogP contribution is 2.49. The molecule has 3 atom stereocenters. The monoisotopic (exact) mass is 569 g/mol. The van der Waals surface area contributed by atoms with Crippen molar-refractivity contribution in [1.82, 2.24) is 9.71 Å². The lowest BCUT2D eigenvalue weighted by atomic mass is 9.87. The van der Waals surface area contributed by atoms with Crippen LogP contribution in [0.3, 0.4) is 0 Å². The molecule has 1 N–H and O–H groups in total. The van der Waals surface area contributed by atoms with Crippen LogP contribution >= 0.6 is 0 Å². The fourth-order valence-corrected chi connectivity index (χ4v) is 7.08. The zero-order valence-electron chi connectivity index (χ0n) is 22.8. The SMILES string of the molecule is Cc1cccc(CN(C(=O)C2CC2c2ccccc2)c2ccc3c(c2)C(NS(=O)(=O)c2ccc(F)cc2)CCC3)n1. The molecule has 1 fully saturated rings. The molecule has 1 aromatic heterocycles. The summed E-state index contributed by atoms with van der Waals surface area (Å²) in [4.78, 5) is 20.5. The van der Waals surface area contributed by atoms with Crippen molar-refractivity contribution in [3.05, 3.63) is 125 Å². The zero-order valence-corrected chi connectivity index (χ0v) is 23.6. The second-order valence-electron chi connectivity index (χ2n) is 11.0. The summed E-state index contributed by atoms with van der Waals surface area (Å²) in [5, 5.41) is 0. The van der Waals surface area contributed by atoms with Crippen LogP contribution in [0.2, 0.25) is 0 Å². The number of nitrogens with zero attached hydrogens (tertiary/aromatic N) is 2. The Hall–Kier alpha value is -3.88. The van der Waals surface area contributed by atoms with Gasteiger partial charge in [0.05, 0.1) is 17.1 Å². The Kier molecular flexibility index (Phi) is 7.45. The van der Waals surface area contributed by atoms with Gasteiger partial charge in [-0.2, -0.15) is 0 Å². The molecule has 41 heavy (non-hydrogen) atoms. The highest BCUT2D eigenvalue weighted by atomic mass is 32.2. The normalized spacial score (nSPS) is 19.8. The molecule has 1 heterocycles. The fourth-order valence-electron chi connectivity index (χ4n) is 5.83. The van der Waals surface area contributed by atoms with Crippen molar-refractivity contribution < 1.29 is 17.6 Å². The van der Waals surface area contributed by atoms with E-state index in [0.29, 0.717) is 13.0 Å². The van der Waals surface area contributed by atoms with Crippen LogP contribution < -0.4 is 9.62 Å². The Bertz CT molecular complexity index is 1680. The van der Waals surface area contributed by atoms with Crippen LogP contribution in [0.25, 0.3) is 0 Å². The smallest absolute Gasteiger partial charge is 0.241 e. The first-order valence-corrected chi connectivity index (χ1v) is 15.5. The van der Waals surface area contributed by atoms with E-state index in [1.54, 1.807) is 4.90 Å². The molecule has 0 bridgehead atoms. The molecule has 210 valence electrons. The van der Waals surface area contributed by atoms with Gasteiger partial charge in [0.1, 0.15) is 5.82 Å². The minimum absolute atomic E-state index is 0.0187. The van der Waals surface area contributed by atoms with E-state index in [-0.39, 0.29) is 22.6 Å². The Morgan fingerprint density at radius 3 is 2.54 bits per heavy atom. The van der Waals surface area contributed by atoms with E-state index >= 15 is 0 Å². The Labute approximate surface area is 240 Å². The summed E-state index contributed by atoms with van der Waals surface area (Å²) >= 11 is 0. The number of nitrogens with one attached hydrogen (secondary N) is 1. The van der Waals surface area contributed by atoms with Crippen molar-refractivity contribution in [3.63, 3.8) is 0 Å². The summed E-state index contributed by atoms with van der Waals surface area (Å²) < 4.78 is 42.6. The first-order chi connectivity index (χ1) is 19.8. The van der Waals surface area contributed by atoms with Crippen LogP contribution in [-0.2, 0) is 27.8 Å². The predicted octanol–water partition coefficient (Wildman–Crippen LogP) is 6.22. The first kappa shape index (κ1) is 27.3. The topological polar surface area (TPSA) is 79.4 Å². The molecule has 0 aliphatic heterocycles. The van der Waals surface area contributed by atoms with E-state index < -0.39 is 21.9 Å². The summed E-state index contributed by atoms with van der Waals surface area (Å²) in [6.07, 6.45) is 3.09. The van der Waals surface area contributed by atoms with Gasteiger partial charge in [-0.15, -0.1) is 0 Å². The molecule has 0 saturated heterocycles. The number of anilines is 1. The highest BCUT2D eigenvalue weighted by molar-refractivity contribution is 7.89. The lowest BCUT2D eigenvalue weighted by Crippen LogP contribution is -2.34. The van der Waals surface area contributed by atoms with Crippen molar-refractivity contribution in [3.8, 4) is 0 Å². The number of aryl methyl sites for hydroxylation is 2. The molecule has 4 aromatic rings. The number of rotatable bonds is 8. The number of aromatic nitrogens is 1. The molecule has 8 heteroatoms. The number of carbonyl (C=O) groups is 1. The fraction of sp³-hybridized carbons (Fsp3) is 0.273. The molecule has 6 rings (SSSR count). The average molecular weight is 570 g/mol. The van der Waals surface area contributed by atoms with Crippen molar-refractivity contribution >= 4 is 21.6 Å². The Balaban J connectivity index is 1.32. The number of amides is 1. The minimum Gasteiger partial charge on any atom is -0.306 e. The maximum atomic E-state index is 14.0. The summed E-state index contributed by atoms with van der Waals surface area (Å²) in [5.74, 6) is -0.383. The second-order valence-corrected chi connectivity index (χ2v) is 12.7. The average Bonchev–Trinajstić information content (AvgIpc) is 3.78. The molecular weight excluding hydrogens is 537 g/mol. The van der Waals surface area contributed by atoms with Gasteiger partial charge in [-0.1, -0.05) is 42.5 Å². The number of hydrogen-bond acceptors (Lipinski definition) is 4. The van der Waals surface area contributed by atoms with E-state index in [1.165, 1.54) is 17.7 Å². The summed E-state index contributed by atoms with van der Waals surface area (Å²) in [6, 6.07) is 26.2. The first-order valence-electron chi connectivity index (χ1n) is 14.0. The quantitative estimate of drug-likeness (QED) is 0.273. The largest absolute Gasteiger partial charge is 0.306 e. The van der Waals surface area contributed by atoms with Gasteiger partial charge in [0.15, 0.2) is 0 Å². The van der Waals surface area contributed by atoms with Gasteiger partial charge in [0.2, 0.25) is 15.9 Å². The van der Waals surface area contributed by atoms with Crippen LogP contribution in [0.15, 0.2) is 95.9 Å². The molecule has 1 saturated carbocycles. The molecular formula is C33H32FN3O3S. The maximum Gasteiger partial charge on any atom is 0.241 e. The molecule has 2 aliphatic rings. The van der Waals surface area contributed by atoms with Gasteiger partial charge in [-0.3, -0.25) is 9.78 Å². The van der Waals surface area contributed by atoms with E-state index in [4.69, 9.17) is 0 Å². The van der Waals surface area contributed by atoms with Crippen LogP contribution in [-0.4, -0.2) is 19.3 Å². The number of benzene rings is 3. The summed E-state index contributed by atoms with van der Waals surface area (Å²) in [7, 11) is -3.87. The van der Waals surface area contributed by atoms with Crippen molar-refractivity contribution in [2.75, 3.05) is 4.90 Å². The third-order valence-corrected chi connectivity index (χ3v) is 9.53. The van der Waals surface area contributed by atoms with Crippen LogP contribution in [0, 0.1) is 18.7 Å². The van der Waals surface area contributed by atoms with Gasteiger partial charge in [0, 0.05) is 23.3 Å². The number of carbonyl (C=O) groups excluding carboxylic acids is 1. The lowest BCUT2D eigenvalue weighted by Gasteiger charge is -2.29. The van der Waals surface area contributed by atoms with E-state index in [2.05, 4.69) is 21.8 Å². The number of pyridine rings is 1. The van der Waals surface area contributed by atoms with Crippen molar-refractivity contribution in [1.29, 1.82) is 0 Å². The zero-order chi connectivity index (χ0) is 28.6. The number of fused-ring (bicyclic) bond motifs is 1. The number of halogens is 1. The van der Waals surface area contributed by atoms with Gasteiger partial charge in [-0.05, 0) is 104 Å². The van der Waals surface area contributed by atoms with Crippen LogP contribution in [0.5, 0.6) is 0 Å². The Morgan fingerprint density at radius 2 is 1.78 bits per heavy atom. The molecule has 0 spiro atoms. The third kappa shape index (κ3) is 5.94. The van der Waals surface area contributed by atoms with Gasteiger partial charge in [0.25, 0.3) is 0 Å². The maximum absolute atomic E-state index is 14.0. The number of sulfonamides is 1. The van der Waals surface area contributed by atoms with Gasteiger partial charge in [-0.25, -0.2) is 17.5 Å². The van der Waals surface area contributed by atoms with Crippen LogP contribution in [0.4, 0.5) is 10.1 Å². The third-order valence-electron chi connectivity index (χ3n) is 8.04. The second kappa shape index (κ2) is 11.2. The van der Waals surface area contributed by atoms with Crippen molar-refractivity contribution in [2.24, 2.45) is 5.92 Å². The number of hydrogen-bond donors (Lipinski definition) is 1. The summed E-state index contributed by atoms with van der Waals surface area (Å²) in [5.41, 5.74) is 5.49. The molecule has 6 nitrogen and oxygen atoms in total. The van der Waals surface area contributed by atoms with Crippen LogP contribution in [0.1, 0.15) is 59.3 Å². The van der Waals surface area contributed by atoms with Crippen molar-refractivity contribution in [2.45, 2.75) is 56.0 Å². The molecule has 2 aliphatic carbocycles. The Morgan fingerprint density at radius 1 is 1.00 bits per heavy atom. The minimum atomic E-state index is -3.87. The van der Waals surface area contributed by atoms with Gasteiger partial charge < -0.3 is 4.90 Å². The summed E-state index contributed by atoms with van der Waals surface area (Å²) in [6.45, 7) is 2.25. The van der Waals surface area contributed by atoms with E-state index in [9.17, 15) is 17.6 Å². The highest BCUT2D eigenvalue weighted by Gasteiger charge is 2.46. The van der Waals surface area contributed by atoms with E-state index in [0.717, 1.165) is 59.6 Å². The molecule has 3 aromatic carbocycles. The lowest BCUT2D eigenvalue weighted by molar-refractivity contribution is -0.120. The molecule has 3 unspecified atom stereocenters. The van der Waals surface area contributed by atoms with Gasteiger partial charge >= 0.3 is 0 Å². The standard InChI is InChI=1S/C33H32FN3O3S/c1-22-7-5-11-26(35-22)21-37(33(38)31-20-29(31)23-8-3-2-4-9-23)27-16-13-24-10-6-12-32(30(24)19-27)36-41(39,40)28-17-14-25(34)15-18-28/h2-5,7-9,11,13-19,29,31-32,36H,6,10,12,20-21H2,1H3. The molecule has 0 radical (unpaired) electrons. The van der Waals surface area contributed by atoms with E-state index in [1.807, 2.05) is 61.5 Å². The molecule has 1 amide bonds.